The minimum Gasteiger partial charge on any atom is -0.390 e. The second kappa shape index (κ2) is 6.83. The summed E-state index contributed by atoms with van der Waals surface area (Å²) in [5, 5.41) is 10.3. The zero-order valence-corrected chi connectivity index (χ0v) is 10.8. The van der Waals surface area contributed by atoms with Crippen molar-refractivity contribution in [1.82, 2.24) is 9.97 Å². The molecule has 0 aliphatic carbocycles. The molecule has 4 nitrogen and oxygen atoms in total. The summed E-state index contributed by atoms with van der Waals surface area (Å²) in [6, 6.07) is 1.93. The lowest BCUT2D eigenvalue weighted by molar-refractivity contribution is 0.0551. The van der Waals surface area contributed by atoms with Crippen LogP contribution in [0.25, 0.3) is 0 Å². The molecule has 0 bridgehead atoms. The van der Waals surface area contributed by atoms with Gasteiger partial charge in [0.15, 0.2) is 5.16 Å². The molecule has 0 amide bonds. The summed E-state index contributed by atoms with van der Waals surface area (Å²) in [5.41, 5.74) is 1.91. The van der Waals surface area contributed by atoms with E-state index in [0.717, 1.165) is 11.4 Å². The molecular weight excluding hydrogens is 224 g/mol. The standard InChI is InChI=1S/C11H18N2O2S/c1-4-15-6-10(14)7-16-11-12-8(2)5-9(3)13-11/h5,10,14H,4,6-7H2,1-3H3/t10-/m1/s1. The third-order valence-electron chi connectivity index (χ3n) is 1.88. The minimum absolute atomic E-state index is 0.369. The van der Waals surface area contributed by atoms with Gasteiger partial charge in [0.25, 0.3) is 0 Å². The summed E-state index contributed by atoms with van der Waals surface area (Å²) >= 11 is 1.46. The van der Waals surface area contributed by atoms with E-state index in [0.29, 0.717) is 24.1 Å². The molecule has 0 unspecified atom stereocenters. The molecule has 0 spiro atoms. The Labute approximate surface area is 100 Å². The van der Waals surface area contributed by atoms with E-state index >= 15 is 0 Å². The number of aliphatic hydroxyl groups excluding tert-OH is 1. The number of nitrogens with zero attached hydrogens (tertiary/aromatic N) is 2. The van der Waals surface area contributed by atoms with Crippen molar-refractivity contribution in [3.8, 4) is 0 Å². The highest BCUT2D eigenvalue weighted by Gasteiger charge is 2.07. The van der Waals surface area contributed by atoms with Crippen LogP contribution in [0.3, 0.4) is 0 Å². The first-order valence-corrected chi connectivity index (χ1v) is 6.31. The predicted octanol–water partition coefficient (Wildman–Crippen LogP) is 1.58. The van der Waals surface area contributed by atoms with Gasteiger partial charge >= 0.3 is 0 Å². The molecule has 1 N–H and O–H groups in total. The van der Waals surface area contributed by atoms with Gasteiger partial charge in [-0.15, -0.1) is 0 Å². The quantitative estimate of drug-likeness (QED) is 0.606. The van der Waals surface area contributed by atoms with Crippen LogP contribution in [0.1, 0.15) is 18.3 Å². The van der Waals surface area contributed by atoms with Crippen molar-refractivity contribution in [3.63, 3.8) is 0 Å². The van der Waals surface area contributed by atoms with Crippen LogP contribution in [0, 0.1) is 13.8 Å². The molecule has 1 aromatic heterocycles. The maximum Gasteiger partial charge on any atom is 0.188 e. The molecule has 0 aliphatic heterocycles. The number of aliphatic hydroxyl groups is 1. The Balaban J connectivity index is 2.41. The van der Waals surface area contributed by atoms with Crippen LogP contribution in [0.4, 0.5) is 0 Å². The van der Waals surface area contributed by atoms with E-state index in [4.69, 9.17) is 4.74 Å². The second-order valence-corrected chi connectivity index (χ2v) is 4.54. The van der Waals surface area contributed by atoms with Crippen LogP contribution in [0.5, 0.6) is 0 Å². The fourth-order valence-corrected chi connectivity index (χ4v) is 2.09. The molecular formula is C11H18N2O2S. The molecule has 5 heteroatoms. The summed E-state index contributed by atoms with van der Waals surface area (Å²) in [7, 11) is 0. The lowest BCUT2D eigenvalue weighted by Crippen LogP contribution is -2.18. The lowest BCUT2D eigenvalue weighted by Gasteiger charge is -2.09. The largest absolute Gasteiger partial charge is 0.390 e. The second-order valence-electron chi connectivity index (χ2n) is 3.56. The Kier molecular flexibility index (Phi) is 5.73. The number of hydrogen-bond donors (Lipinski definition) is 1. The fraction of sp³-hybridized carbons (Fsp3) is 0.636. The molecule has 0 aromatic carbocycles. The van der Waals surface area contributed by atoms with Crippen molar-refractivity contribution < 1.29 is 9.84 Å². The smallest absolute Gasteiger partial charge is 0.188 e. The molecule has 0 aliphatic rings. The number of ether oxygens (including phenoxy) is 1. The normalized spacial score (nSPS) is 12.8. The van der Waals surface area contributed by atoms with Crippen LogP contribution in [0.2, 0.25) is 0 Å². The first kappa shape index (κ1) is 13.4. The van der Waals surface area contributed by atoms with Gasteiger partial charge in [-0.05, 0) is 26.8 Å². The summed E-state index contributed by atoms with van der Waals surface area (Å²) in [6.45, 7) is 6.79. The van der Waals surface area contributed by atoms with Crippen LogP contribution in [0.15, 0.2) is 11.2 Å². The molecule has 0 saturated carbocycles. The van der Waals surface area contributed by atoms with Crippen molar-refractivity contribution >= 4 is 11.8 Å². The third-order valence-corrected chi connectivity index (χ3v) is 2.87. The van der Waals surface area contributed by atoms with Crippen molar-refractivity contribution in [2.75, 3.05) is 19.0 Å². The summed E-state index contributed by atoms with van der Waals surface area (Å²) in [5.74, 6) is 0.558. The van der Waals surface area contributed by atoms with Crippen molar-refractivity contribution in [2.24, 2.45) is 0 Å². The van der Waals surface area contributed by atoms with E-state index in [1.807, 2.05) is 26.8 Å². The van der Waals surface area contributed by atoms with Crippen LogP contribution >= 0.6 is 11.8 Å². The minimum atomic E-state index is -0.464. The topological polar surface area (TPSA) is 55.2 Å². The Bertz CT molecular complexity index is 314. The average Bonchev–Trinajstić information content (AvgIpc) is 2.22. The summed E-state index contributed by atoms with van der Waals surface area (Å²) < 4.78 is 5.13. The number of thioether (sulfide) groups is 1. The fourth-order valence-electron chi connectivity index (χ4n) is 1.23. The van der Waals surface area contributed by atoms with Gasteiger partial charge in [0.1, 0.15) is 0 Å². The monoisotopic (exact) mass is 242 g/mol. The first-order valence-electron chi connectivity index (χ1n) is 5.32. The Morgan fingerprint density at radius 1 is 1.38 bits per heavy atom. The Morgan fingerprint density at radius 2 is 2.00 bits per heavy atom. The first-order chi connectivity index (χ1) is 7.61. The van der Waals surface area contributed by atoms with E-state index < -0.39 is 6.10 Å². The molecule has 90 valence electrons. The van der Waals surface area contributed by atoms with Gasteiger partial charge in [-0.25, -0.2) is 9.97 Å². The van der Waals surface area contributed by atoms with E-state index in [1.165, 1.54) is 11.8 Å². The van der Waals surface area contributed by atoms with Crippen molar-refractivity contribution in [3.05, 3.63) is 17.5 Å². The van der Waals surface area contributed by atoms with E-state index in [2.05, 4.69) is 9.97 Å². The highest BCUT2D eigenvalue weighted by molar-refractivity contribution is 7.99. The summed E-state index contributed by atoms with van der Waals surface area (Å²) in [6.07, 6.45) is -0.464. The highest BCUT2D eigenvalue weighted by Crippen LogP contribution is 2.15. The third kappa shape index (κ3) is 4.92. The zero-order chi connectivity index (χ0) is 12.0. The van der Waals surface area contributed by atoms with Crippen molar-refractivity contribution in [1.29, 1.82) is 0 Å². The van der Waals surface area contributed by atoms with Crippen LogP contribution in [-0.4, -0.2) is 40.1 Å². The lowest BCUT2D eigenvalue weighted by atomic mass is 10.4. The van der Waals surface area contributed by atoms with E-state index in [1.54, 1.807) is 0 Å². The van der Waals surface area contributed by atoms with Gasteiger partial charge in [0.05, 0.1) is 12.7 Å². The van der Waals surface area contributed by atoms with E-state index in [-0.39, 0.29) is 0 Å². The molecule has 0 fully saturated rings. The van der Waals surface area contributed by atoms with Crippen molar-refractivity contribution in [2.45, 2.75) is 32.0 Å². The number of aryl methyl sites for hydroxylation is 2. The van der Waals surface area contributed by atoms with Gasteiger partial charge < -0.3 is 9.84 Å². The van der Waals surface area contributed by atoms with Crippen LogP contribution in [-0.2, 0) is 4.74 Å². The predicted molar refractivity (Wildman–Crippen MR) is 64.7 cm³/mol. The van der Waals surface area contributed by atoms with Gasteiger partial charge in [-0.1, -0.05) is 11.8 Å². The number of aromatic nitrogens is 2. The van der Waals surface area contributed by atoms with Gasteiger partial charge in [0, 0.05) is 23.7 Å². The number of hydrogen-bond acceptors (Lipinski definition) is 5. The molecule has 0 saturated heterocycles. The number of rotatable bonds is 6. The summed E-state index contributed by atoms with van der Waals surface area (Å²) in [4.78, 5) is 8.57. The highest BCUT2D eigenvalue weighted by atomic mass is 32.2. The van der Waals surface area contributed by atoms with E-state index in [9.17, 15) is 5.11 Å². The van der Waals surface area contributed by atoms with Crippen LogP contribution < -0.4 is 0 Å². The molecule has 1 rings (SSSR count). The van der Waals surface area contributed by atoms with Gasteiger partial charge in [-0.2, -0.15) is 0 Å². The maximum absolute atomic E-state index is 9.58. The van der Waals surface area contributed by atoms with Gasteiger partial charge in [0.2, 0.25) is 0 Å². The van der Waals surface area contributed by atoms with Gasteiger partial charge in [-0.3, -0.25) is 0 Å². The Morgan fingerprint density at radius 3 is 2.56 bits per heavy atom. The maximum atomic E-state index is 9.58. The molecule has 1 atom stereocenters. The molecule has 1 heterocycles. The molecule has 0 radical (unpaired) electrons. The molecule has 16 heavy (non-hydrogen) atoms. The Hall–Kier alpha value is -0.650. The SMILES string of the molecule is CCOC[C@@H](O)CSc1nc(C)cc(C)n1. The zero-order valence-electron chi connectivity index (χ0n) is 9.93. The molecule has 1 aromatic rings. The average molecular weight is 242 g/mol.